The molecule has 5 heteroatoms. The maximum atomic E-state index is 14.3. The molecule has 0 radical (unpaired) electrons. The molecule has 0 bridgehead atoms. The van der Waals surface area contributed by atoms with Gasteiger partial charge in [-0.05, 0) is 24.5 Å². The van der Waals surface area contributed by atoms with E-state index in [-0.39, 0.29) is 11.9 Å². The molecule has 0 aliphatic carbocycles. The van der Waals surface area contributed by atoms with E-state index in [0.717, 1.165) is 32.6 Å². The van der Waals surface area contributed by atoms with Crippen LogP contribution in [0.3, 0.4) is 0 Å². The van der Waals surface area contributed by atoms with Gasteiger partial charge in [0, 0.05) is 37.8 Å². The molecule has 0 spiro atoms. The Labute approximate surface area is 130 Å². The van der Waals surface area contributed by atoms with Crippen LogP contribution in [0.1, 0.15) is 31.9 Å². The highest BCUT2D eigenvalue weighted by atomic mass is 35.5. The van der Waals surface area contributed by atoms with Gasteiger partial charge < -0.3 is 5.32 Å². The molecule has 0 amide bonds. The second-order valence-electron chi connectivity index (χ2n) is 5.69. The van der Waals surface area contributed by atoms with Gasteiger partial charge in [-0.3, -0.25) is 4.90 Å². The lowest BCUT2D eigenvalue weighted by Crippen LogP contribution is -2.45. The van der Waals surface area contributed by atoms with E-state index in [1.807, 2.05) is 0 Å². The van der Waals surface area contributed by atoms with Crippen LogP contribution in [0, 0.1) is 11.7 Å². The maximum Gasteiger partial charge on any atom is 0.129 e. The van der Waals surface area contributed by atoms with Crippen molar-refractivity contribution >= 4 is 23.2 Å². The van der Waals surface area contributed by atoms with Gasteiger partial charge in [0.2, 0.25) is 0 Å². The van der Waals surface area contributed by atoms with E-state index in [1.54, 1.807) is 0 Å². The van der Waals surface area contributed by atoms with Crippen LogP contribution in [-0.2, 0) is 0 Å². The predicted octanol–water partition coefficient (Wildman–Crippen LogP) is 4.12. The zero-order valence-electron chi connectivity index (χ0n) is 11.9. The van der Waals surface area contributed by atoms with Gasteiger partial charge >= 0.3 is 0 Å². The molecule has 1 fully saturated rings. The molecule has 2 rings (SSSR count). The van der Waals surface area contributed by atoms with Crippen LogP contribution in [0.2, 0.25) is 10.0 Å². The maximum absolute atomic E-state index is 14.3. The first-order valence-corrected chi connectivity index (χ1v) is 7.84. The summed E-state index contributed by atoms with van der Waals surface area (Å²) < 4.78 is 14.3. The predicted molar refractivity (Wildman–Crippen MR) is 83.1 cm³/mol. The summed E-state index contributed by atoms with van der Waals surface area (Å²) >= 11 is 12.4. The van der Waals surface area contributed by atoms with E-state index in [2.05, 4.69) is 24.1 Å². The summed E-state index contributed by atoms with van der Waals surface area (Å²) in [6, 6.07) is 2.93. The summed E-state index contributed by atoms with van der Waals surface area (Å²) in [5.74, 6) is 0.202. The van der Waals surface area contributed by atoms with Gasteiger partial charge in [0.05, 0.1) is 10.0 Å². The monoisotopic (exact) mass is 318 g/mol. The molecule has 2 nitrogen and oxygen atoms in total. The first kappa shape index (κ1) is 16.0. The number of nitrogens with zero attached hydrogens (tertiary/aromatic N) is 1. The summed E-state index contributed by atoms with van der Waals surface area (Å²) in [7, 11) is 0. The van der Waals surface area contributed by atoms with Crippen molar-refractivity contribution in [2.24, 2.45) is 5.92 Å². The molecule has 1 aliphatic heterocycles. The lowest BCUT2D eigenvalue weighted by Gasteiger charge is -2.36. The number of rotatable bonds is 4. The van der Waals surface area contributed by atoms with Crippen LogP contribution >= 0.6 is 23.2 Å². The average Bonchev–Trinajstić information content (AvgIpc) is 2.43. The van der Waals surface area contributed by atoms with Crippen LogP contribution in [0.15, 0.2) is 12.1 Å². The van der Waals surface area contributed by atoms with Gasteiger partial charge in [0.15, 0.2) is 0 Å². The van der Waals surface area contributed by atoms with Crippen LogP contribution in [0.25, 0.3) is 0 Å². The molecule has 0 unspecified atom stereocenters. The van der Waals surface area contributed by atoms with E-state index >= 15 is 0 Å². The molecule has 1 aliphatic rings. The van der Waals surface area contributed by atoms with Gasteiger partial charge in [-0.1, -0.05) is 37.0 Å². The van der Waals surface area contributed by atoms with Crippen molar-refractivity contribution in [3.8, 4) is 0 Å². The molecule has 0 saturated carbocycles. The minimum atomic E-state index is -0.261. The van der Waals surface area contributed by atoms with Crippen LogP contribution in [0.4, 0.5) is 4.39 Å². The first-order chi connectivity index (χ1) is 9.50. The van der Waals surface area contributed by atoms with Crippen molar-refractivity contribution in [1.82, 2.24) is 10.2 Å². The van der Waals surface area contributed by atoms with Crippen molar-refractivity contribution in [1.29, 1.82) is 0 Å². The third kappa shape index (κ3) is 3.64. The zero-order chi connectivity index (χ0) is 14.7. The topological polar surface area (TPSA) is 15.3 Å². The summed E-state index contributed by atoms with van der Waals surface area (Å²) in [6.45, 7) is 7.94. The minimum absolute atomic E-state index is 0.0108. The van der Waals surface area contributed by atoms with Crippen molar-refractivity contribution in [2.45, 2.75) is 26.3 Å². The minimum Gasteiger partial charge on any atom is -0.314 e. The Morgan fingerprint density at radius 2 is 1.90 bits per heavy atom. The molecule has 1 aromatic rings. The molecular weight excluding hydrogens is 298 g/mol. The van der Waals surface area contributed by atoms with Crippen LogP contribution < -0.4 is 5.32 Å². The van der Waals surface area contributed by atoms with Gasteiger partial charge in [-0.25, -0.2) is 4.39 Å². The summed E-state index contributed by atoms with van der Waals surface area (Å²) in [4.78, 5) is 2.30. The number of benzene rings is 1. The normalized spacial score (nSPS) is 18.5. The molecule has 1 saturated heterocycles. The number of halogens is 3. The Hall–Kier alpha value is -0.350. The number of hydrogen-bond acceptors (Lipinski definition) is 2. The van der Waals surface area contributed by atoms with Crippen molar-refractivity contribution in [2.75, 3.05) is 26.2 Å². The highest BCUT2D eigenvalue weighted by Crippen LogP contribution is 2.38. The standard InChI is InChI=1S/C15H21Cl2FN2/c1-10(2)9-13(20-7-5-19-6-8-20)14-12(18)4-3-11(16)15(14)17/h3-4,10,13,19H,5-9H2,1-2H3/t13-/m0/s1. The lowest BCUT2D eigenvalue weighted by atomic mass is 9.94. The zero-order valence-corrected chi connectivity index (χ0v) is 13.4. The molecule has 112 valence electrons. The van der Waals surface area contributed by atoms with E-state index in [4.69, 9.17) is 23.2 Å². The molecular formula is C15H21Cl2FN2. The third-order valence-electron chi connectivity index (χ3n) is 3.70. The molecule has 1 heterocycles. The largest absolute Gasteiger partial charge is 0.314 e. The molecule has 0 aromatic heterocycles. The fourth-order valence-electron chi connectivity index (χ4n) is 2.74. The summed E-state index contributed by atoms with van der Waals surface area (Å²) in [5, 5.41) is 4.10. The molecule has 1 atom stereocenters. The summed E-state index contributed by atoms with van der Waals surface area (Å²) in [6.07, 6.45) is 0.872. The Morgan fingerprint density at radius 1 is 1.25 bits per heavy atom. The van der Waals surface area contributed by atoms with Crippen molar-refractivity contribution in [3.63, 3.8) is 0 Å². The quantitative estimate of drug-likeness (QED) is 0.840. The molecule has 1 N–H and O–H groups in total. The number of nitrogens with one attached hydrogen (secondary N) is 1. The van der Waals surface area contributed by atoms with E-state index in [1.165, 1.54) is 12.1 Å². The van der Waals surface area contributed by atoms with Crippen LogP contribution in [-0.4, -0.2) is 31.1 Å². The third-order valence-corrected chi connectivity index (χ3v) is 4.52. The fourth-order valence-corrected chi connectivity index (χ4v) is 3.18. The van der Waals surface area contributed by atoms with Gasteiger partial charge in [0.1, 0.15) is 5.82 Å². The molecule has 20 heavy (non-hydrogen) atoms. The average molecular weight is 319 g/mol. The van der Waals surface area contributed by atoms with Crippen LogP contribution in [0.5, 0.6) is 0 Å². The Balaban J connectivity index is 2.37. The lowest BCUT2D eigenvalue weighted by molar-refractivity contribution is 0.151. The Bertz CT molecular complexity index is 459. The fraction of sp³-hybridized carbons (Fsp3) is 0.600. The smallest absolute Gasteiger partial charge is 0.129 e. The number of piperazine rings is 1. The Morgan fingerprint density at radius 3 is 2.50 bits per heavy atom. The summed E-state index contributed by atoms with van der Waals surface area (Å²) in [5.41, 5.74) is 0.551. The highest BCUT2D eigenvalue weighted by molar-refractivity contribution is 6.42. The van der Waals surface area contributed by atoms with Crippen molar-refractivity contribution < 1.29 is 4.39 Å². The first-order valence-electron chi connectivity index (χ1n) is 7.09. The number of hydrogen-bond donors (Lipinski definition) is 1. The molecule has 1 aromatic carbocycles. The van der Waals surface area contributed by atoms with E-state index in [0.29, 0.717) is 21.5 Å². The Kier molecular flexibility index (Phi) is 5.67. The SMILES string of the molecule is CC(C)C[C@@H](c1c(F)ccc(Cl)c1Cl)N1CCNCC1. The van der Waals surface area contributed by atoms with Gasteiger partial charge in [-0.2, -0.15) is 0 Å². The second-order valence-corrected chi connectivity index (χ2v) is 6.47. The van der Waals surface area contributed by atoms with E-state index in [9.17, 15) is 4.39 Å². The highest BCUT2D eigenvalue weighted by Gasteiger charge is 2.28. The van der Waals surface area contributed by atoms with Crippen molar-refractivity contribution in [3.05, 3.63) is 33.6 Å². The van der Waals surface area contributed by atoms with Gasteiger partial charge in [0.25, 0.3) is 0 Å². The van der Waals surface area contributed by atoms with E-state index < -0.39 is 0 Å². The van der Waals surface area contributed by atoms with Gasteiger partial charge in [-0.15, -0.1) is 0 Å². The second kappa shape index (κ2) is 7.08.